The Morgan fingerprint density at radius 3 is 2.83 bits per heavy atom. The molecule has 0 atom stereocenters. The van der Waals surface area contributed by atoms with Gasteiger partial charge >= 0.3 is 0 Å². The van der Waals surface area contributed by atoms with Crippen molar-refractivity contribution in [3.63, 3.8) is 0 Å². The van der Waals surface area contributed by atoms with E-state index < -0.39 is 5.82 Å². The predicted octanol–water partition coefficient (Wildman–Crippen LogP) is 3.49. The molecule has 0 fully saturated rings. The van der Waals surface area contributed by atoms with E-state index in [1.807, 2.05) is 0 Å². The maximum Gasteiger partial charge on any atom is 0.165 e. The zero-order valence-electron chi connectivity index (χ0n) is 10.4. The highest BCUT2D eigenvalue weighted by atomic mass is 32.1. The molecule has 0 aliphatic carbocycles. The molecule has 0 spiro atoms. The van der Waals surface area contributed by atoms with Crippen molar-refractivity contribution in [2.75, 3.05) is 12.8 Å². The summed E-state index contributed by atoms with van der Waals surface area (Å²) in [5.74, 6) is -0.180. The monoisotopic (exact) mass is 266 g/mol. The number of hydrogen-bond acceptors (Lipinski definition) is 4. The van der Waals surface area contributed by atoms with Gasteiger partial charge in [0, 0.05) is 5.56 Å². The minimum Gasteiger partial charge on any atom is -0.494 e. The molecule has 3 nitrogen and oxygen atoms in total. The molecular weight excluding hydrogens is 251 g/mol. The number of rotatable bonds is 4. The number of halogens is 1. The third-order valence-electron chi connectivity index (χ3n) is 2.59. The Morgan fingerprint density at radius 2 is 2.22 bits per heavy atom. The molecule has 96 valence electrons. The number of aromatic nitrogens is 1. The van der Waals surface area contributed by atoms with E-state index in [2.05, 4.69) is 11.9 Å². The summed E-state index contributed by atoms with van der Waals surface area (Å²) in [6.07, 6.45) is 1.91. The Hall–Kier alpha value is -1.62. The molecule has 0 radical (unpaired) electrons. The van der Waals surface area contributed by atoms with Crippen molar-refractivity contribution in [2.45, 2.75) is 19.8 Å². The summed E-state index contributed by atoms with van der Waals surface area (Å²) in [6, 6.07) is 4.76. The second kappa shape index (κ2) is 5.35. The molecule has 0 amide bonds. The lowest BCUT2D eigenvalue weighted by atomic mass is 10.1. The van der Waals surface area contributed by atoms with Gasteiger partial charge in [0.1, 0.15) is 10.7 Å². The van der Waals surface area contributed by atoms with Crippen LogP contribution in [0.25, 0.3) is 11.3 Å². The van der Waals surface area contributed by atoms with Crippen molar-refractivity contribution in [3.8, 4) is 17.0 Å². The van der Waals surface area contributed by atoms with Crippen LogP contribution in [0.2, 0.25) is 0 Å². The van der Waals surface area contributed by atoms with Crippen LogP contribution in [-0.2, 0) is 6.42 Å². The van der Waals surface area contributed by atoms with Gasteiger partial charge in [0.15, 0.2) is 11.6 Å². The lowest BCUT2D eigenvalue weighted by Gasteiger charge is -2.03. The number of ether oxygens (including phenoxy) is 1. The Labute approximate surface area is 109 Å². The number of aryl methyl sites for hydroxylation is 1. The quantitative estimate of drug-likeness (QED) is 0.921. The average molecular weight is 266 g/mol. The molecular formula is C13H15FN2OS. The molecule has 0 saturated carbocycles. The maximum atomic E-state index is 13.6. The summed E-state index contributed by atoms with van der Waals surface area (Å²) in [5, 5.41) is 1.62. The van der Waals surface area contributed by atoms with Gasteiger partial charge in [-0.15, -0.1) is 11.3 Å². The smallest absolute Gasteiger partial charge is 0.165 e. The van der Waals surface area contributed by atoms with E-state index in [-0.39, 0.29) is 5.75 Å². The zero-order valence-corrected chi connectivity index (χ0v) is 11.2. The third-order valence-corrected chi connectivity index (χ3v) is 3.53. The van der Waals surface area contributed by atoms with E-state index in [4.69, 9.17) is 10.5 Å². The van der Waals surface area contributed by atoms with E-state index in [0.29, 0.717) is 16.3 Å². The topological polar surface area (TPSA) is 48.1 Å². The van der Waals surface area contributed by atoms with Crippen LogP contribution in [0.3, 0.4) is 0 Å². The van der Waals surface area contributed by atoms with Crippen LogP contribution in [0.5, 0.6) is 5.75 Å². The van der Waals surface area contributed by atoms with Crippen LogP contribution >= 0.6 is 11.3 Å². The SMILES string of the molecule is CCCc1nc(-c2ccc(OC)c(F)c2)c(N)s1. The van der Waals surface area contributed by atoms with E-state index in [0.717, 1.165) is 17.8 Å². The highest BCUT2D eigenvalue weighted by Crippen LogP contribution is 2.33. The van der Waals surface area contributed by atoms with Crippen molar-refractivity contribution in [1.82, 2.24) is 4.98 Å². The second-order valence-electron chi connectivity index (χ2n) is 3.92. The molecule has 5 heteroatoms. The number of benzene rings is 1. The van der Waals surface area contributed by atoms with Crippen molar-refractivity contribution in [1.29, 1.82) is 0 Å². The Morgan fingerprint density at radius 1 is 1.44 bits per heavy atom. The highest BCUT2D eigenvalue weighted by Gasteiger charge is 2.12. The van der Waals surface area contributed by atoms with Gasteiger partial charge in [0.05, 0.1) is 12.1 Å². The average Bonchev–Trinajstić information content (AvgIpc) is 2.71. The fourth-order valence-electron chi connectivity index (χ4n) is 1.72. The first kappa shape index (κ1) is 12.8. The normalized spacial score (nSPS) is 10.6. The minimum atomic E-state index is -0.403. The van der Waals surface area contributed by atoms with Gasteiger partial charge in [-0.1, -0.05) is 6.92 Å². The largest absolute Gasteiger partial charge is 0.494 e. The van der Waals surface area contributed by atoms with Gasteiger partial charge in [-0.3, -0.25) is 0 Å². The lowest BCUT2D eigenvalue weighted by molar-refractivity contribution is 0.386. The van der Waals surface area contributed by atoms with E-state index in [1.165, 1.54) is 24.5 Å². The van der Waals surface area contributed by atoms with Crippen LogP contribution in [0.1, 0.15) is 18.4 Å². The molecule has 18 heavy (non-hydrogen) atoms. The second-order valence-corrected chi connectivity index (χ2v) is 5.03. The first-order valence-corrected chi connectivity index (χ1v) is 6.56. The fourth-order valence-corrected chi connectivity index (χ4v) is 2.68. The number of thiazole rings is 1. The van der Waals surface area contributed by atoms with Gasteiger partial charge in [0.25, 0.3) is 0 Å². The number of anilines is 1. The first-order valence-electron chi connectivity index (χ1n) is 5.74. The summed E-state index contributed by atoms with van der Waals surface area (Å²) in [4.78, 5) is 4.45. The van der Waals surface area contributed by atoms with E-state index in [1.54, 1.807) is 12.1 Å². The third kappa shape index (κ3) is 2.46. The first-order chi connectivity index (χ1) is 8.65. The van der Waals surface area contributed by atoms with Crippen LogP contribution < -0.4 is 10.5 Å². The standard InChI is InChI=1S/C13H15FN2OS/c1-3-4-11-16-12(13(15)18-11)8-5-6-10(17-2)9(14)7-8/h5-7H,3-4,15H2,1-2H3. The summed E-state index contributed by atoms with van der Waals surface area (Å²) >= 11 is 1.46. The summed E-state index contributed by atoms with van der Waals surface area (Å²) < 4.78 is 18.5. The summed E-state index contributed by atoms with van der Waals surface area (Å²) in [5.41, 5.74) is 7.27. The van der Waals surface area contributed by atoms with E-state index >= 15 is 0 Å². The van der Waals surface area contributed by atoms with Crippen molar-refractivity contribution in [3.05, 3.63) is 29.0 Å². The molecule has 2 N–H and O–H groups in total. The number of nitrogen functional groups attached to an aromatic ring is 1. The number of nitrogens with two attached hydrogens (primary N) is 1. The molecule has 1 aromatic carbocycles. The predicted molar refractivity (Wildman–Crippen MR) is 72.5 cm³/mol. The Bertz CT molecular complexity index is 554. The number of nitrogens with zero attached hydrogens (tertiary/aromatic N) is 1. The van der Waals surface area contributed by atoms with Crippen molar-refractivity contribution < 1.29 is 9.13 Å². The molecule has 0 saturated heterocycles. The van der Waals surface area contributed by atoms with Crippen molar-refractivity contribution in [2.24, 2.45) is 0 Å². The summed E-state index contributed by atoms with van der Waals surface area (Å²) in [7, 11) is 1.44. The molecule has 2 rings (SSSR count). The van der Waals surface area contributed by atoms with Crippen molar-refractivity contribution >= 4 is 16.3 Å². The van der Waals surface area contributed by atoms with Gasteiger partial charge < -0.3 is 10.5 Å². The minimum absolute atomic E-state index is 0.223. The number of hydrogen-bond donors (Lipinski definition) is 1. The van der Waals surface area contributed by atoms with Gasteiger partial charge in [0.2, 0.25) is 0 Å². The van der Waals surface area contributed by atoms with Crippen LogP contribution in [0.4, 0.5) is 9.39 Å². The fraction of sp³-hybridized carbons (Fsp3) is 0.308. The van der Waals surface area contributed by atoms with Gasteiger partial charge in [-0.25, -0.2) is 9.37 Å². The number of methoxy groups -OCH3 is 1. The zero-order chi connectivity index (χ0) is 13.1. The lowest BCUT2D eigenvalue weighted by Crippen LogP contribution is -1.91. The molecule has 0 aliphatic rings. The molecule has 0 aliphatic heterocycles. The summed E-state index contributed by atoms with van der Waals surface area (Å²) in [6.45, 7) is 2.09. The van der Waals surface area contributed by atoms with Gasteiger partial charge in [-0.05, 0) is 31.0 Å². The molecule has 0 unspecified atom stereocenters. The maximum absolute atomic E-state index is 13.6. The molecule has 1 aromatic heterocycles. The van der Waals surface area contributed by atoms with Crippen LogP contribution in [0.15, 0.2) is 18.2 Å². The van der Waals surface area contributed by atoms with Gasteiger partial charge in [-0.2, -0.15) is 0 Å². The van der Waals surface area contributed by atoms with Crippen LogP contribution in [-0.4, -0.2) is 12.1 Å². The Balaban J connectivity index is 2.39. The molecule has 0 bridgehead atoms. The highest BCUT2D eigenvalue weighted by molar-refractivity contribution is 7.16. The molecule has 1 heterocycles. The molecule has 2 aromatic rings. The van der Waals surface area contributed by atoms with E-state index in [9.17, 15) is 4.39 Å². The Kier molecular flexibility index (Phi) is 3.81. The van der Waals surface area contributed by atoms with Crippen LogP contribution in [0, 0.1) is 5.82 Å².